The van der Waals surface area contributed by atoms with Crippen LogP contribution in [0.15, 0.2) is 24.3 Å². The third-order valence-electron chi connectivity index (χ3n) is 6.68. The Labute approximate surface area is 160 Å². The second-order valence-corrected chi connectivity index (χ2v) is 8.96. The van der Waals surface area contributed by atoms with E-state index in [0.717, 1.165) is 24.3 Å². The van der Waals surface area contributed by atoms with E-state index in [1.54, 1.807) is 24.3 Å². The monoisotopic (exact) mass is 377 g/mol. The predicted octanol–water partition coefficient (Wildman–Crippen LogP) is 4.16. The van der Waals surface area contributed by atoms with Crippen molar-refractivity contribution < 1.29 is 14.3 Å². The van der Waals surface area contributed by atoms with Crippen LogP contribution in [0.4, 0.5) is 0 Å². The number of nitrogens with zero attached hydrogens (tertiary/aromatic N) is 1. The number of carbonyl (C=O) groups is 1. The Morgan fingerprint density at radius 3 is 2.27 bits per heavy atom. The molecule has 0 heterocycles. The number of rotatable bonds is 7. The SMILES string of the molecule is CN(CCOC(=O)COc1ccc(Cl)cc1)C12CC3CC(CC(C3)C1)C2. The molecule has 0 unspecified atom stereocenters. The number of hydrogen-bond acceptors (Lipinski definition) is 4. The van der Waals surface area contributed by atoms with Crippen molar-refractivity contribution in [3.8, 4) is 5.75 Å². The average molecular weight is 378 g/mol. The van der Waals surface area contributed by atoms with Gasteiger partial charge in [0.05, 0.1) is 0 Å². The fourth-order valence-electron chi connectivity index (χ4n) is 5.78. The van der Waals surface area contributed by atoms with Crippen LogP contribution >= 0.6 is 11.6 Å². The van der Waals surface area contributed by atoms with Crippen molar-refractivity contribution in [3.05, 3.63) is 29.3 Å². The van der Waals surface area contributed by atoms with Gasteiger partial charge >= 0.3 is 5.97 Å². The zero-order valence-corrected chi connectivity index (χ0v) is 16.2. The summed E-state index contributed by atoms with van der Waals surface area (Å²) in [5.74, 6) is 3.09. The van der Waals surface area contributed by atoms with Gasteiger partial charge in [-0.25, -0.2) is 4.79 Å². The average Bonchev–Trinajstić information content (AvgIpc) is 2.60. The summed E-state index contributed by atoms with van der Waals surface area (Å²) in [6.45, 7) is 1.17. The van der Waals surface area contributed by atoms with Crippen molar-refractivity contribution in [2.45, 2.75) is 44.1 Å². The Hall–Kier alpha value is -1.26. The molecule has 142 valence electrons. The first kappa shape index (κ1) is 18.1. The van der Waals surface area contributed by atoms with Gasteiger partial charge in [-0.3, -0.25) is 4.90 Å². The molecule has 4 nitrogen and oxygen atoms in total. The predicted molar refractivity (Wildman–Crippen MR) is 101 cm³/mol. The standard InChI is InChI=1S/C21H28ClNO3/c1-23(21-11-15-8-16(12-21)10-17(9-15)13-21)6-7-25-20(24)14-26-19-4-2-18(22)3-5-19/h2-5,15-17H,6-14H2,1H3. The first-order valence-corrected chi connectivity index (χ1v) is 10.2. The molecular weight excluding hydrogens is 350 g/mol. The van der Waals surface area contributed by atoms with Gasteiger partial charge < -0.3 is 9.47 Å². The highest BCUT2D eigenvalue weighted by atomic mass is 35.5. The maximum atomic E-state index is 11.9. The van der Waals surface area contributed by atoms with E-state index in [4.69, 9.17) is 21.1 Å². The van der Waals surface area contributed by atoms with Gasteiger partial charge in [-0.05, 0) is 87.6 Å². The van der Waals surface area contributed by atoms with Gasteiger partial charge in [0.2, 0.25) is 0 Å². The maximum Gasteiger partial charge on any atom is 0.344 e. The second-order valence-electron chi connectivity index (χ2n) is 8.53. The Morgan fingerprint density at radius 2 is 1.69 bits per heavy atom. The molecule has 1 aromatic carbocycles. The van der Waals surface area contributed by atoms with Crippen LogP contribution in [-0.2, 0) is 9.53 Å². The molecule has 4 aliphatic rings. The highest BCUT2D eigenvalue weighted by Crippen LogP contribution is 2.57. The molecule has 4 saturated carbocycles. The third kappa shape index (κ3) is 3.86. The molecule has 0 atom stereocenters. The first-order valence-electron chi connectivity index (χ1n) is 9.78. The van der Waals surface area contributed by atoms with E-state index in [2.05, 4.69) is 11.9 Å². The fourth-order valence-corrected chi connectivity index (χ4v) is 5.91. The Bertz CT molecular complexity index is 610. The highest BCUT2D eigenvalue weighted by molar-refractivity contribution is 6.30. The topological polar surface area (TPSA) is 38.8 Å². The minimum atomic E-state index is -0.320. The van der Waals surface area contributed by atoms with Gasteiger partial charge in [0.25, 0.3) is 0 Å². The van der Waals surface area contributed by atoms with Crippen molar-refractivity contribution >= 4 is 17.6 Å². The lowest BCUT2D eigenvalue weighted by atomic mass is 9.52. The summed E-state index contributed by atoms with van der Waals surface area (Å²) < 4.78 is 10.8. The normalized spacial score (nSPS) is 32.0. The number of ether oxygens (including phenoxy) is 2. The Morgan fingerprint density at radius 1 is 1.12 bits per heavy atom. The molecular formula is C21H28ClNO3. The van der Waals surface area contributed by atoms with Crippen LogP contribution in [0.1, 0.15) is 38.5 Å². The lowest BCUT2D eigenvalue weighted by Crippen LogP contribution is -2.59. The summed E-state index contributed by atoms with van der Waals surface area (Å²) in [4.78, 5) is 14.4. The lowest BCUT2D eigenvalue weighted by Gasteiger charge is -2.60. The zero-order chi connectivity index (χ0) is 18.1. The van der Waals surface area contributed by atoms with E-state index < -0.39 is 0 Å². The number of benzene rings is 1. The Kier molecular flexibility index (Phi) is 5.15. The smallest absolute Gasteiger partial charge is 0.344 e. The summed E-state index contributed by atoms with van der Waals surface area (Å²) in [7, 11) is 2.21. The van der Waals surface area contributed by atoms with Crippen molar-refractivity contribution in [3.63, 3.8) is 0 Å². The number of halogens is 1. The molecule has 0 aromatic heterocycles. The molecule has 0 saturated heterocycles. The summed E-state index contributed by atoms with van der Waals surface area (Å²) in [6.07, 6.45) is 8.35. The van der Waals surface area contributed by atoms with E-state index in [-0.39, 0.29) is 12.6 Å². The van der Waals surface area contributed by atoms with Gasteiger partial charge in [0.1, 0.15) is 12.4 Å². The van der Waals surface area contributed by atoms with E-state index >= 15 is 0 Å². The highest BCUT2D eigenvalue weighted by Gasteiger charge is 2.52. The van der Waals surface area contributed by atoms with Crippen LogP contribution in [0.25, 0.3) is 0 Å². The number of esters is 1. The summed E-state index contributed by atoms with van der Waals surface area (Å²) in [5, 5.41) is 0.646. The minimum Gasteiger partial charge on any atom is -0.482 e. The zero-order valence-electron chi connectivity index (χ0n) is 15.5. The van der Waals surface area contributed by atoms with Gasteiger partial charge in [-0.2, -0.15) is 0 Å². The van der Waals surface area contributed by atoms with Crippen LogP contribution in [0.2, 0.25) is 5.02 Å². The van der Waals surface area contributed by atoms with Crippen molar-refractivity contribution in [2.75, 3.05) is 26.8 Å². The largest absolute Gasteiger partial charge is 0.482 e. The molecule has 0 amide bonds. The number of likely N-dealkylation sites (N-methyl/N-ethyl adjacent to an activating group) is 1. The van der Waals surface area contributed by atoms with Gasteiger partial charge in [-0.15, -0.1) is 0 Å². The summed E-state index contributed by atoms with van der Waals surface area (Å²) in [5.41, 5.74) is 0.362. The lowest BCUT2D eigenvalue weighted by molar-refractivity contribution is -0.148. The molecule has 0 spiro atoms. The second kappa shape index (κ2) is 7.40. The molecule has 4 fully saturated rings. The van der Waals surface area contributed by atoms with Crippen LogP contribution in [0, 0.1) is 17.8 Å². The number of hydrogen-bond donors (Lipinski definition) is 0. The molecule has 5 rings (SSSR count). The molecule has 0 N–H and O–H groups in total. The van der Waals surface area contributed by atoms with E-state index in [0.29, 0.717) is 22.9 Å². The quantitative estimate of drug-likeness (QED) is 0.669. The molecule has 5 heteroatoms. The maximum absolute atomic E-state index is 11.9. The van der Waals surface area contributed by atoms with Gasteiger partial charge in [0.15, 0.2) is 6.61 Å². The third-order valence-corrected chi connectivity index (χ3v) is 6.93. The van der Waals surface area contributed by atoms with Gasteiger partial charge in [0, 0.05) is 17.1 Å². The van der Waals surface area contributed by atoms with Crippen LogP contribution < -0.4 is 4.74 Å². The molecule has 1 aromatic rings. The summed E-state index contributed by atoms with van der Waals surface area (Å²) in [6, 6.07) is 6.97. The van der Waals surface area contributed by atoms with Crippen LogP contribution in [0.3, 0.4) is 0 Å². The van der Waals surface area contributed by atoms with Gasteiger partial charge in [-0.1, -0.05) is 11.6 Å². The van der Waals surface area contributed by atoms with E-state index in [1.165, 1.54) is 38.5 Å². The number of carbonyl (C=O) groups excluding carboxylic acids is 1. The summed E-state index contributed by atoms with van der Waals surface area (Å²) >= 11 is 5.83. The first-order chi connectivity index (χ1) is 12.5. The molecule has 26 heavy (non-hydrogen) atoms. The van der Waals surface area contributed by atoms with Crippen LogP contribution in [0.5, 0.6) is 5.75 Å². The van der Waals surface area contributed by atoms with E-state index in [1.807, 2.05) is 0 Å². The fraction of sp³-hybridized carbons (Fsp3) is 0.667. The molecule has 4 aliphatic carbocycles. The van der Waals surface area contributed by atoms with Crippen molar-refractivity contribution in [1.82, 2.24) is 4.90 Å². The van der Waals surface area contributed by atoms with Crippen LogP contribution in [-0.4, -0.2) is 43.2 Å². The molecule has 0 radical (unpaired) electrons. The minimum absolute atomic E-state index is 0.0668. The Balaban J connectivity index is 1.20. The van der Waals surface area contributed by atoms with Crippen molar-refractivity contribution in [1.29, 1.82) is 0 Å². The molecule has 0 aliphatic heterocycles. The molecule has 4 bridgehead atoms. The van der Waals surface area contributed by atoms with E-state index in [9.17, 15) is 4.79 Å². The van der Waals surface area contributed by atoms with Crippen molar-refractivity contribution in [2.24, 2.45) is 17.8 Å².